The van der Waals surface area contributed by atoms with E-state index in [0.29, 0.717) is 11.3 Å². The lowest BCUT2D eigenvalue weighted by Crippen LogP contribution is -2.13. The van der Waals surface area contributed by atoms with Crippen molar-refractivity contribution in [2.75, 3.05) is 11.9 Å². The van der Waals surface area contributed by atoms with E-state index in [0.717, 1.165) is 12.1 Å². The first kappa shape index (κ1) is 14.5. The average molecular weight is 289 g/mol. The van der Waals surface area contributed by atoms with Gasteiger partial charge in [0.15, 0.2) is 0 Å². The van der Waals surface area contributed by atoms with E-state index in [1.807, 2.05) is 0 Å². The molecule has 0 fully saturated rings. The molecule has 0 saturated carbocycles. The van der Waals surface area contributed by atoms with Crippen molar-refractivity contribution in [3.8, 4) is 28.4 Å². The highest BCUT2D eigenvalue weighted by Crippen LogP contribution is 2.40. The van der Waals surface area contributed by atoms with Gasteiger partial charge in [0.25, 0.3) is 0 Å². The van der Waals surface area contributed by atoms with E-state index < -0.39 is 6.09 Å². The number of hydrogen-bond acceptors (Lipinski definition) is 5. The van der Waals surface area contributed by atoms with Crippen molar-refractivity contribution in [3.05, 3.63) is 36.4 Å². The Morgan fingerprint density at radius 3 is 2.19 bits per heavy atom. The Hall–Kier alpha value is -2.89. The van der Waals surface area contributed by atoms with Gasteiger partial charge in [-0.15, -0.1) is 0 Å². The third kappa shape index (κ3) is 3.36. The summed E-state index contributed by atoms with van der Waals surface area (Å²) in [5.74, 6) is -0.702. The molecule has 6 heteroatoms. The summed E-state index contributed by atoms with van der Waals surface area (Å²) in [5.41, 5.74) is 1.27. The largest absolute Gasteiger partial charge is 0.508 e. The standard InChI is InChI=1S/C15H15NO5/c1-2-21-15(20)16-10-5-3-9(4-6-10)14-12(18)7-11(17)8-13(14)19/h3-8,17-19H,2H2,1H3,(H,16,20). The lowest BCUT2D eigenvalue weighted by molar-refractivity contribution is 0.168. The second-order valence-electron chi connectivity index (χ2n) is 4.28. The Morgan fingerprint density at radius 2 is 1.67 bits per heavy atom. The molecule has 0 aliphatic rings. The van der Waals surface area contributed by atoms with Gasteiger partial charge >= 0.3 is 6.09 Å². The molecule has 0 radical (unpaired) electrons. The Kier molecular flexibility index (Phi) is 4.18. The minimum atomic E-state index is -0.555. The second kappa shape index (κ2) is 6.04. The minimum absolute atomic E-state index is 0.204. The zero-order valence-corrected chi connectivity index (χ0v) is 11.3. The highest BCUT2D eigenvalue weighted by Gasteiger charge is 2.12. The quantitative estimate of drug-likeness (QED) is 0.696. The van der Waals surface area contributed by atoms with Gasteiger partial charge in [0.2, 0.25) is 0 Å². The Morgan fingerprint density at radius 1 is 1.10 bits per heavy atom. The van der Waals surface area contributed by atoms with Crippen LogP contribution in [0.5, 0.6) is 17.2 Å². The van der Waals surface area contributed by atoms with E-state index in [-0.39, 0.29) is 29.4 Å². The van der Waals surface area contributed by atoms with Crippen LogP contribution in [0.2, 0.25) is 0 Å². The zero-order chi connectivity index (χ0) is 15.4. The number of hydrogen-bond donors (Lipinski definition) is 4. The van der Waals surface area contributed by atoms with E-state index in [1.54, 1.807) is 31.2 Å². The molecule has 0 spiro atoms. The smallest absolute Gasteiger partial charge is 0.411 e. The van der Waals surface area contributed by atoms with Gasteiger partial charge in [-0.3, -0.25) is 5.32 Å². The minimum Gasteiger partial charge on any atom is -0.508 e. The van der Waals surface area contributed by atoms with Gasteiger partial charge in [-0.2, -0.15) is 0 Å². The number of benzene rings is 2. The normalized spacial score (nSPS) is 10.1. The molecule has 2 aromatic carbocycles. The van der Waals surface area contributed by atoms with Gasteiger partial charge in [-0.1, -0.05) is 12.1 Å². The highest BCUT2D eigenvalue weighted by atomic mass is 16.5. The van der Waals surface area contributed by atoms with Crippen LogP contribution in [-0.4, -0.2) is 28.0 Å². The summed E-state index contributed by atoms with van der Waals surface area (Å²) in [6.07, 6.45) is -0.555. The summed E-state index contributed by atoms with van der Waals surface area (Å²) in [6, 6.07) is 8.73. The number of rotatable bonds is 3. The number of amides is 1. The van der Waals surface area contributed by atoms with E-state index in [9.17, 15) is 20.1 Å². The molecule has 0 aromatic heterocycles. The van der Waals surface area contributed by atoms with E-state index in [1.165, 1.54) is 0 Å². The van der Waals surface area contributed by atoms with Crippen molar-refractivity contribution >= 4 is 11.8 Å². The topological polar surface area (TPSA) is 99.0 Å². The van der Waals surface area contributed by atoms with Crippen LogP contribution >= 0.6 is 0 Å². The lowest BCUT2D eigenvalue weighted by Gasteiger charge is -2.10. The van der Waals surface area contributed by atoms with Crippen molar-refractivity contribution in [1.29, 1.82) is 0 Å². The summed E-state index contributed by atoms with van der Waals surface area (Å²) < 4.78 is 4.75. The Labute approximate surface area is 121 Å². The SMILES string of the molecule is CCOC(=O)Nc1ccc(-c2c(O)cc(O)cc2O)cc1. The van der Waals surface area contributed by atoms with Crippen LogP contribution in [0.15, 0.2) is 36.4 Å². The molecule has 110 valence electrons. The fourth-order valence-corrected chi connectivity index (χ4v) is 1.90. The maximum absolute atomic E-state index is 11.3. The molecule has 0 aliphatic heterocycles. The van der Waals surface area contributed by atoms with Crippen LogP contribution in [0.3, 0.4) is 0 Å². The third-order valence-corrected chi connectivity index (χ3v) is 2.78. The van der Waals surface area contributed by atoms with Crippen molar-refractivity contribution in [3.63, 3.8) is 0 Å². The molecule has 4 N–H and O–H groups in total. The number of phenols is 3. The van der Waals surface area contributed by atoms with Crippen LogP contribution in [0.25, 0.3) is 11.1 Å². The number of carbonyl (C=O) groups excluding carboxylic acids is 1. The number of carbonyl (C=O) groups is 1. The lowest BCUT2D eigenvalue weighted by atomic mass is 10.0. The van der Waals surface area contributed by atoms with Gasteiger partial charge in [0.1, 0.15) is 17.2 Å². The van der Waals surface area contributed by atoms with Gasteiger partial charge in [-0.05, 0) is 24.6 Å². The number of phenolic OH excluding ortho intramolecular Hbond substituents is 3. The van der Waals surface area contributed by atoms with Crippen LogP contribution in [0, 0.1) is 0 Å². The first-order chi connectivity index (χ1) is 10.0. The summed E-state index contributed by atoms with van der Waals surface area (Å²) in [4.78, 5) is 11.3. The summed E-state index contributed by atoms with van der Waals surface area (Å²) >= 11 is 0. The number of aromatic hydroxyl groups is 3. The van der Waals surface area contributed by atoms with Crippen molar-refractivity contribution < 1.29 is 24.9 Å². The molecular weight excluding hydrogens is 274 g/mol. The zero-order valence-electron chi connectivity index (χ0n) is 11.3. The molecule has 6 nitrogen and oxygen atoms in total. The van der Waals surface area contributed by atoms with Gasteiger partial charge in [-0.25, -0.2) is 4.79 Å². The molecule has 21 heavy (non-hydrogen) atoms. The number of nitrogens with one attached hydrogen (secondary N) is 1. The third-order valence-electron chi connectivity index (χ3n) is 2.78. The maximum atomic E-state index is 11.3. The summed E-state index contributed by atoms with van der Waals surface area (Å²) in [6.45, 7) is 1.98. The molecule has 1 amide bonds. The summed E-state index contributed by atoms with van der Waals surface area (Å²) in [7, 11) is 0. The van der Waals surface area contributed by atoms with Crippen molar-refractivity contribution in [2.24, 2.45) is 0 Å². The number of ether oxygens (including phenoxy) is 1. The van der Waals surface area contributed by atoms with Crippen molar-refractivity contribution in [1.82, 2.24) is 0 Å². The van der Waals surface area contributed by atoms with Gasteiger partial charge in [0, 0.05) is 17.8 Å². The first-order valence-corrected chi connectivity index (χ1v) is 6.30. The molecule has 2 rings (SSSR count). The maximum Gasteiger partial charge on any atom is 0.411 e. The predicted octanol–water partition coefficient (Wildman–Crippen LogP) is 3.04. The van der Waals surface area contributed by atoms with E-state index in [4.69, 9.17) is 4.74 Å². The fraction of sp³-hybridized carbons (Fsp3) is 0.133. The van der Waals surface area contributed by atoms with Crippen molar-refractivity contribution in [2.45, 2.75) is 6.92 Å². The van der Waals surface area contributed by atoms with E-state index >= 15 is 0 Å². The molecule has 0 saturated heterocycles. The molecule has 0 heterocycles. The Bertz CT molecular complexity index is 629. The van der Waals surface area contributed by atoms with Gasteiger partial charge < -0.3 is 20.1 Å². The first-order valence-electron chi connectivity index (χ1n) is 6.30. The van der Waals surface area contributed by atoms with Crippen LogP contribution in [0.4, 0.5) is 10.5 Å². The monoisotopic (exact) mass is 289 g/mol. The van der Waals surface area contributed by atoms with Crippen LogP contribution in [-0.2, 0) is 4.74 Å². The molecule has 0 atom stereocenters. The summed E-state index contributed by atoms with van der Waals surface area (Å²) in [5, 5.41) is 31.4. The number of anilines is 1. The molecule has 0 bridgehead atoms. The second-order valence-corrected chi connectivity index (χ2v) is 4.28. The van der Waals surface area contributed by atoms with Crippen LogP contribution in [0.1, 0.15) is 6.92 Å². The molecule has 0 aliphatic carbocycles. The van der Waals surface area contributed by atoms with Gasteiger partial charge in [0.05, 0.1) is 12.2 Å². The van der Waals surface area contributed by atoms with Crippen LogP contribution < -0.4 is 5.32 Å². The predicted molar refractivity (Wildman–Crippen MR) is 77.5 cm³/mol. The molecular formula is C15H15NO5. The fourth-order valence-electron chi connectivity index (χ4n) is 1.90. The Balaban J connectivity index is 2.25. The van der Waals surface area contributed by atoms with E-state index in [2.05, 4.69) is 5.32 Å². The average Bonchev–Trinajstić information content (AvgIpc) is 2.39. The molecule has 0 unspecified atom stereocenters. The molecule has 2 aromatic rings. The highest BCUT2D eigenvalue weighted by molar-refractivity contribution is 5.86.